The van der Waals surface area contributed by atoms with Gasteiger partial charge in [-0.05, 0) is 63.3 Å². The molecule has 2 heteroatoms. The maximum absolute atomic E-state index is 5.63. The number of rotatable bonds is 5. The van der Waals surface area contributed by atoms with Gasteiger partial charge in [-0.25, -0.2) is 0 Å². The van der Waals surface area contributed by atoms with Crippen molar-refractivity contribution in [1.29, 1.82) is 0 Å². The van der Waals surface area contributed by atoms with Crippen molar-refractivity contribution in [3.8, 4) is 5.75 Å². The van der Waals surface area contributed by atoms with Crippen LogP contribution in [-0.2, 0) is 0 Å². The van der Waals surface area contributed by atoms with Gasteiger partial charge < -0.3 is 10.1 Å². The molecule has 0 spiro atoms. The van der Waals surface area contributed by atoms with E-state index in [9.17, 15) is 0 Å². The van der Waals surface area contributed by atoms with Gasteiger partial charge >= 0.3 is 0 Å². The SMILES string of the molecule is CC(C)Oc1ccc(NCC2CC=CCC2)cc1. The molecule has 0 saturated carbocycles. The zero-order chi connectivity index (χ0) is 12.8. The largest absolute Gasteiger partial charge is 0.491 e. The van der Waals surface area contributed by atoms with Gasteiger partial charge in [-0.3, -0.25) is 0 Å². The van der Waals surface area contributed by atoms with E-state index in [0.29, 0.717) is 0 Å². The second-order valence-electron chi connectivity index (χ2n) is 5.22. The molecule has 1 N–H and O–H groups in total. The molecule has 0 heterocycles. The van der Waals surface area contributed by atoms with Crippen LogP contribution in [0.5, 0.6) is 5.75 Å². The highest BCUT2D eigenvalue weighted by Crippen LogP contribution is 2.20. The van der Waals surface area contributed by atoms with Crippen LogP contribution in [0.3, 0.4) is 0 Å². The lowest BCUT2D eigenvalue weighted by Crippen LogP contribution is -2.15. The molecule has 1 aromatic carbocycles. The van der Waals surface area contributed by atoms with Crippen LogP contribution in [0, 0.1) is 5.92 Å². The molecule has 1 atom stereocenters. The van der Waals surface area contributed by atoms with E-state index in [4.69, 9.17) is 4.74 Å². The van der Waals surface area contributed by atoms with E-state index in [-0.39, 0.29) is 6.10 Å². The Bertz CT molecular complexity index is 381. The number of hydrogen-bond donors (Lipinski definition) is 1. The van der Waals surface area contributed by atoms with E-state index >= 15 is 0 Å². The summed E-state index contributed by atoms with van der Waals surface area (Å²) in [4.78, 5) is 0. The van der Waals surface area contributed by atoms with Crippen LogP contribution in [0.25, 0.3) is 0 Å². The number of hydrogen-bond acceptors (Lipinski definition) is 2. The third-order valence-electron chi connectivity index (χ3n) is 3.20. The molecular weight excluding hydrogens is 222 g/mol. The number of benzene rings is 1. The van der Waals surface area contributed by atoms with Gasteiger partial charge in [-0.2, -0.15) is 0 Å². The number of anilines is 1. The van der Waals surface area contributed by atoms with Gasteiger partial charge in [0.15, 0.2) is 0 Å². The van der Waals surface area contributed by atoms with Crippen molar-refractivity contribution in [3.05, 3.63) is 36.4 Å². The van der Waals surface area contributed by atoms with Crippen molar-refractivity contribution < 1.29 is 4.74 Å². The molecule has 0 radical (unpaired) electrons. The molecule has 1 aliphatic carbocycles. The quantitative estimate of drug-likeness (QED) is 0.783. The molecule has 0 fully saturated rings. The van der Waals surface area contributed by atoms with E-state index in [1.54, 1.807) is 0 Å². The lowest BCUT2D eigenvalue weighted by molar-refractivity contribution is 0.242. The predicted molar refractivity (Wildman–Crippen MR) is 77.2 cm³/mol. The minimum Gasteiger partial charge on any atom is -0.491 e. The predicted octanol–water partition coefficient (Wildman–Crippen LogP) is 4.24. The summed E-state index contributed by atoms with van der Waals surface area (Å²) in [6.07, 6.45) is 8.56. The fraction of sp³-hybridized carbons (Fsp3) is 0.500. The molecule has 1 aliphatic rings. The third-order valence-corrected chi connectivity index (χ3v) is 3.20. The number of nitrogens with one attached hydrogen (secondary N) is 1. The first kappa shape index (κ1) is 13.0. The van der Waals surface area contributed by atoms with E-state index in [1.165, 1.54) is 24.9 Å². The molecule has 2 nitrogen and oxygen atoms in total. The highest BCUT2D eigenvalue weighted by atomic mass is 16.5. The third kappa shape index (κ3) is 4.10. The first-order chi connectivity index (χ1) is 8.74. The molecule has 0 amide bonds. The topological polar surface area (TPSA) is 21.3 Å². The van der Waals surface area contributed by atoms with Crippen LogP contribution in [-0.4, -0.2) is 12.6 Å². The lowest BCUT2D eigenvalue weighted by atomic mass is 9.94. The highest BCUT2D eigenvalue weighted by molar-refractivity contribution is 5.46. The normalized spacial score (nSPS) is 18.9. The van der Waals surface area contributed by atoms with Crippen LogP contribution in [0.2, 0.25) is 0 Å². The molecule has 0 aliphatic heterocycles. The molecule has 1 aromatic rings. The first-order valence-corrected chi connectivity index (χ1v) is 6.89. The first-order valence-electron chi connectivity index (χ1n) is 6.89. The second-order valence-corrected chi connectivity index (χ2v) is 5.22. The Morgan fingerprint density at radius 3 is 2.61 bits per heavy atom. The standard InChI is InChI=1S/C16H23NO/c1-13(2)18-16-10-8-15(9-11-16)17-12-14-6-4-3-5-7-14/h3-4,8-11,13-14,17H,5-7,12H2,1-2H3. The minimum absolute atomic E-state index is 0.234. The van der Waals surface area contributed by atoms with Gasteiger partial charge in [0.2, 0.25) is 0 Å². The van der Waals surface area contributed by atoms with Crippen LogP contribution in [0.1, 0.15) is 33.1 Å². The van der Waals surface area contributed by atoms with Crippen LogP contribution in [0.15, 0.2) is 36.4 Å². The molecule has 0 saturated heterocycles. The molecular formula is C16H23NO. The van der Waals surface area contributed by atoms with Gasteiger partial charge in [0.1, 0.15) is 5.75 Å². The maximum Gasteiger partial charge on any atom is 0.119 e. The molecule has 1 unspecified atom stereocenters. The summed E-state index contributed by atoms with van der Waals surface area (Å²) in [5.74, 6) is 1.72. The van der Waals surface area contributed by atoms with E-state index in [1.807, 2.05) is 26.0 Å². The molecule has 0 bridgehead atoms. The monoisotopic (exact) mass is 245 g/mol. The van der Waals surface area contributed by atoms with E-state index in [0.717, 1.165) is 18.2 Å². The van der Waals surface area contributed by atoms with Crippen molar-refractivity contribution in [3.63, 3.8) is 0 Å². The van der Waals surface area contributed by atoms with Gasteiger partial charge in [-0.1, -0.05) is 12.2 Å². The molecule has 2 rings (SSSR count). The number of ether oxygens (including phenoxy) is 1. The van der Waals surface area contributed by atoms with Crippen molar-refractivity contribution in [1.82, 2.24) is 0 Å². The van der Waals surface area contributed by atoms with E-state index in [2.05, 4.69) is 29.6 Å². The summed E-state index contributed by atoms with van der Waals surface area (Å²) >= 11 is 0. The van der Waals surface area contributed by atoms with Crippen LogP contribution < -0.4 is 10.1 Å². The fourth-order valence-electron chi connectivity index (χ4n) is 2.23. The van der Waals surface area contributed by atoms with Gasteiger partial charge in [0.25, 0.3) is 0 Å². The summed E-state index contributed by atoms with van der Waals surface area (Å²) in [5.41, 5.74) is 1.18. The zero-order valence-corrected chi connectivity index (χ0v) is 11.4. The summed E-state index contributed by atoms with van der Waals surface area (Å²) < 4.78 is 5.63. The lowest BCUT2D eigenvalue weighted by Gasteiger charge is -2.19. The summed E-state index contributed by atoms with van der Waals surface area (Å²) in [5, 5.41) is 3.51. The van der Waals surface area contributed by atoms with Crippen LogP contribution >= 0.6 is 0 Å². The summed E-state index contributed by atoms with van der Waals surface area (Å²) in [6.45, 7) is 5.15. The highest BCUT2D eigenvalue weighted by Gasteiger charge is 2.09. The van der Waals surface area contributed by atoms with Gasteiger partial charge in [0, 0.05) is 12.2 Å². The van der Waals surface area contributed by atoms with Crippen molar-refractivity contribution in [2.75, 3.05) is 11.9 Å². The van der Waals surface area contributed by atoms with Crippen molar-refractivity contribution in [2.24, 2.45) is 5.92 Å². The van der Waals surface area contributed by atoms with Gasteiger partial charge in [-0.15, -0.1) is 0 Å². The Kier molecular flexibility index (Phi) is 4.68. The van der Waals surface area contributed by atoms with Crippen molar-refractivity contribution >= 4 is 5.69 Å². The number of allylic oxidation sites excluding steroid dienone is 2. The Morgan fingerprint density at radius 2 is 2.00 bits per heavy atom. The molecule has 18 heavy (non-hydrogen) atoms. The summed E-state index contributed by atoms with van der Waals surface area (Å²) in [7, 11) is 0. The Hall–Kier alpha value is -1.44. The second kappa shape index (κ2) is 6.48. The Balaban J connectivity index is 1.80. The Morgan fingerprint density at radius 1 is 1.22 bits per heavy atom. The maximum atomic E-state index is 5.63. The molecule has 98 valence electrons. The van der Waals surface area contributed by atoms with Gasteiger partial charge in [0.05, 0.1) is 6.10 Å². The Labute approximate surface area is 110 Å². The smallest absolute Gasteiger partial charge is 0.119 e. The summed E-state index contributed by atoms with van der Waals surface area (Å²) in [6, 6.07) is 8.25. The average molecular weight is 245 g/mol. The zero-order valence-electron chi connectivity index (χ0n) is 11.4. The molecule has 0 aromatic heterocycles. The van der Waals surface area contributed by atoms with E-state index < -0.39 is 0 Å². The average Bonchev–Trinajstić information content (AvgIpc) is 2.38. The van der Waals surface area contributed by atoms with Crippen LogP contribution in [0.4, 0.5) is 5.69 Å². The minimum atomic E-state index is 0.234. The fourth-order valence-corrected chi connectivity index (χ4v) is 2.23. The van der Waals surface area contributed by atoms with Crippen molar-refractivity contribution in [2.45, 2.75) is 39.2 Å².